The summed E-state index contributed by atoms with van der Waals surface area (Å²) in [6, 6.07) is 14.9. The molecule has 0 aliphatic carbocycles. The second-order valence-electron chi connectivity index (χ2n) is 3.37. The molecule has 2 nitrogen and oxygen atoms in total. The van der Waals surface area contributed by atoms with Gasteiger partial charge in [-0.25, -0.2) is 8.42 Å². The van der Waals surface area contributed by atoms with Gasteiger partial charge in [-0.05, 0) is 58.1 Å². The summed E-state index contributed by atoms with van der Waals surface area (Å²) in [5.41, 5.74) is 0. The number of sulfone groups is 1. The number of hydrogen-bond donors (Lipinski definition) is 0. The lowest BCUT2D eigenvalue weighted by atomic mass is 10.4. The molecular weight excluding hydrogens is 276 g/mol. The van der Waals surface area contributed by atoms with E-state index in [1.807, 2.05) is 0 Å². The SMILES string of the molecule is O=S(=O)(c1ccccc1)c1ccc(SCl)cc1. The van der Waals surface area contributed by atoms with E-state index in [1.165, 1.54) is 0 Å². The van der Waals surface area contributed by atoms with E-state index in [0.717, 1.165) is 15.9 Å². The van der Waals surface area contributed by atoms with E-state index in [2.05, 4.69) is 0 Å². The first-order valence-corrected chi connectivity index (χ1v) is 7.96. The third kappa shape index (κ3) is 2.65. The van der Waals surface area contributed by atoms with Crippen molar-refractivity contribution in [3.8, 4) is 0 Å². The Morgan fingerprint density at radius 2 is 1.35 bits per heavy atom. The maximum atomic E-state index is 12.2. The Morgan fingerprint density at radius 1 is 0.824 bits per heavy atom. The first-order valence-electron chi connectivity index (χ1n) is 4.83. The molecule has 0 radical (unpaired) electrons. The molecule has 0 unspecified atom stereocenters. The quantitative estimate of drug-likeness (QED) is 0.860. The fraction of sp³-hybridized carbons (Fsp3) is 0. The van der Waals surface area contributed by atoms with Crippen molar-refractivity contribution in [3.63, 3.8) is 0 Å². The minimum absolute atomic E-state index is 0.276. The second kappa shape index (κ2) is 5.12. The maximum absolute atomic E-state index is 12.2. The van der Waals surface area contributed by atoms with Crippen LogP contribution in [-0.2, 0) is 9.84 Å². The van der Waals surface area contributed by atoms with Crippen LogP contribution in [0.1, 0.15) is 0 Å². The summed E-state index contributed by atoms with van der Waals surface area (Å²) in [7, 11) is 3.22. The van der Waals surface area contributed by atoms with E-state index in [1.54, 1.807) is 54.6 Å². The predicted octanol–water partition coefficient (Wildman–Crippen LogP) is 3.77. The van der Waals surface area contributed by atoms with Gasteiger partial charge < -0.3 is 0 Å². The van der Waals surface area contributed by atoms with Gasteiger partial charge in [0.05, 0.1) is 9.79 Å². The van der Waals surface area contributed by atoms with Crippen molar-refractivity contribution in [2.24, 2.45) is 0 Å². The largest absolute Gasteiger partial charge is 0.219 e. The summed E-state index contributed by atoms with van der Waals surface area (Å²) in [5.74, 6) is 0. The molecule has 0 bridgehead atoms. The molecule has 0 aromatic heterocycles. The van der Waals surface area contributed by atoms with Gasteiger partial charge in [-0.1, -0.05) is 18.2 Å². The summed E-state index contributed by atoms with van der Waals surface area (Å²) in [4.78, 5) is 1.39. The Labute approximate surface area is 109 Å². The Balaban J connectivity index is 2.45. The summed E-state index contributed by atoms with van der Waals surface area (Å²) >= 11 is 0. The number of benzene rings is 2. The van der Waals surface area contributed by atoms with Crippen LogP contribution in [0.25, 0.3) is 0 Å². The van der Waals surface area contributed by atoms with Gasteiger partial charge in [-0.15, -0.1) is 0 Å². The van der Waals surface area contributed by atoms with E-state index in [4.69, 9.17) is 10.7 Å². The Kier molecular flexibility index (Phi) is 3.76. The summed E-state index contributed by atoms with van der Waals surface area (Å²) in [6.45, 7) is 0. The third-order valence-electron chi connectivity index (χ3n) is 2.28. The second-order valence-corrected chi connectivity index (χ2v) is 6.40. The van der Waals surface area contributed by atoms with Gasteiger partial charge in [0.1, 0.15) is 0 Å². The summed E-state index contributed by atoms with van der Waals surface area (Å²) in [5, 5.41) is 0. The smallest absolute Gasteiger partial charge is 0.206 e. The van der Waals surface area contributed by atoms with Crippen LogP contribution in [0.3, 0.4) is 0 Å². The van der Waals surface area contributed by atoms with Gasteiger partial charge in [0.2, 0.25) is 9.84 Å². The lowest BCUT2D eigenvalue weighted by Crippen LogP contribution is -2.01. The zero-order valence-electron chi connectivity index (χ0n) is 8.71. The summed E-state index contributed by atoms with van der Waals surface area (Å²) in [6.07, 6.45) is 0. The van der Waals surface area contributed by atoms with Crippen LogP contribution >= 0.6 is 21.7 Å². The molecule has 0 fully saturated rings. The molecule has 0 saturated heterocycles. The highest BCUT2D eigenvalue weighted by atomic mass is 35.7. The van der Waals surface area contributed by atoms with Crippen molar-refractivity contribution in [2.45, 2.75) is 14.7 Å². The molecule has 17 heavy (non-hydrogen) atoms. The van der Waals surface area contributed by atoms with Crippen molar-refractivity contribution < 1.29 is 8.42 Å². The maximum Gasteiger partial charge on any atom is 0.206 e. The zero-order chi connectivity index (χ0) is 12.3. The van der Waals surface area contributed by atoms with Gasteiger partial charge in [0.25, 0.3) is 0 Å². The predicted molar refractivity (Wildman–Crippen MR) is 70.0 cm³/mol. The van der Waals surface area contributed by atoms with Crippen molar-refractivity contribution in [2.75, 3.05) is 0 Å². The molecule has 2 rings (SSSR count). The average Bonchev–Trinajstić information content (AvgIpc) is 2.40. The van der Waals surface area contributed by atoms with Gasteiger partial charge in [0, 0.05) is 4.90 Å². The Morgan fingerprint density at radius 3 is 1.88 bits per heavy atom. The van der Waals surface area contributed by atoms with Crippen molar-refractivity contribution in [1.29, 1.82) is 0 Å². The van der Waals surface area contributed by atoms with E-state index < -0.39 is 9.84 Å². The molecule has 0 saturated carbocycles. The minimum Gasteiger partial charge on any atom is -0.219 e. The number of hydrogen-bond acceptors (Lipinski definition) is 3. The normalized spacial score (nSPS) is 11.4. The van der Waals surface area contributed by atoms with Crippen LogP contribution in [-0.4, -0.2) is 8.42 Å². The average molecular weight is 285 g/mol. The first kappa shape index (κ1) is 12.5. The molecule has 0 amide bonds. The first-order chi connectivity index (χ1) is 8.14. The van der Waals surface area contributed by atoms with Crippen LogP contribution in [0.2, 0.25) is 0 Å². The lowest BCUT2D eigenvalue weighted by Gasteiger charge is -2.04. The molecule has 0 aliphatic heterocycles. The molecule has 2 aromatic rings. The van der Waals surface area contributed by atoms with Crippen molar-refractivity contribution >= 4 is 31.5 Å². The molecule has 5 heteroatoms. The highest BCUT2D eigenvalue weighted by Gasteiger charge is 2.16. The molecule has 88 valence electrons. The molecule has 0 heterocycles. The fourth-order valence-electron chi connectivity index (χ4n) is 1.41. The molecule has 0 spiro atoms. The molecule has 0 N–H and O–H groups in total. The monoisotopic (exact) mass is 284 g/mol. The van der Waals surface area contributed by atoms with E-state index in [0.29, 0.717) is 4.90 Å². The van der Waals surface area contributed by atoms with Gasteiger partial charge >= 0.3 is 0 Å². The van der Waals surface area contributed by atoms with Crippen LogP contribution in [0.15, 0.2) is 69.3 Å². The number of rotatable bonds is 3. The molecule has 0 atom stereocenters. The molecule has 2 aromatic carbocycles. The number of halogens is 1. The molecule has 0 aliphatic rings. The highest BCUT2D eigenvalue weighted by Crippen LogP contribution is 2.25. The zero-order valence-corrected chi connectivity index (χ0v) is 11.1. The van der Waals surface area contributed by atoms with Gasteiger partial charge in [0.15, 0.2) is 0 Å². The minimum atomic E-state index is -3.42. The lowest BCUT2D eigenvalue weighted by molar-refractivity contribution is 0.596. The summed E-state index contributed by atoms with van der Waals surface area (Å²) < 4.78 is 24.4. The standard InChI is InChI=1S/C12H9ClO2S2/c13-16-10-6-8-12(9-7-10)17(14,15)11-4-2-1-3-5-11/h1-9H. The van der Waals surface area contributed by atoms with Gasteiger partial charge in [-0.2, -0.15) is 0 Å². The van der Waals surface area contributed by atoms with E-state index in [9.17, 15) is 8.42 Å². The van der Waals surface area contributed by atoms with Crippen LogP contribution in [0, 0.1) is 0 Å². The topological polar surface area (TPSA) is 34.1 Å². The Bertz CT molecular complexity index is 592. The molecular formula is C12H9ClO2S2. The van der Waals surface area contributed by atoms with Gasteiger partial charge in [-0.3, -0.25) is 0 Å². The fourth-order valence-corrected chi connectivity index (χ4v) is 3.24. The van der Waals surface area contributed by atoms with Crippen LogP contribution < -0.4 is 0 Å². The van der Waals surface area contributed by atoms with E-state index in [-0.39, 0.29) is 4.90 Å². The van der Waals surface area contributed by atoms with Crippen molar-refractivity contribution in [1.82, 2.24) is 0 Å². The Hall–Kier alpha value is -0.970. The van der Waals surface area contributed by atoms with E-state index >= 15 is 0 Å². The van der Waals surface area contributed by atoms with Crippen LogP contribution in [0.4, 0.5) is 0 Å². The third-order valence-corrected chi connectivity index (χ3v) is 5.05. The van der Waals surface area contributed by atoms with Crippen LogP contribution in [0.5, 0.6) is 0 Å². The highest BCUT2D eigenvalue weighted by molar-refractivity contribution is 8.21. The van der Waals surface area contributed by atoms with Crippen molar-refractivity contribution in [3.05, 3.63) is 54.6 Å².